The minimum atomic E-state index is 0.447. The fourth-order valence-electron chi connectivity index (χ4n) is 1.60. The lowest BCUT2D eigenvalue weighted by Gasteiger charge is -2.29. The normalized spacial score (nSPS) is 13.1. The van der Waals surface area contributed by atoms with Crippen LogP contribution in [0.2, 0.25) is 0 Å². The minimum Gasteiger partial charge on any atom is -0.383 e. The van der Waals surface area contributed by atoms with Gasteiger partial charge in [-0.2, -0.15) is 0 Å². The Morgan fingerprint density at radius 2 is 2.29 bits per heavy atom. The summed E-state index contributed by atoms with van der Waals surface area (Å²) >= 11 is 0. The van der Waals surface area contributed by atoms with E-state index in [4.69, 9.17) is 4.74 Å². The van der Waals surface area contributed by atoms with Crippen LogP contribution in [-0.4, -0.2) is 51.3 Å². The van der Waals surface area contributed by atoms with Gasteiger partial charge in [0.15, 0.2) is 0 Å². The number of nitrogens with one attached hydrogen (secondary N) is 1. The van der Waals surface area contributed by atoms with E-state index >= 15 is 0 Å². The molecule has 0 fully saturated rings. The zero-order valence-corrected chi connectivity index (χ0v) is 9.75. The van der Waals surface area contributed by atoms with Crippen LogP contribution in [0.15, 0.2) is 12.7 Å². The van der Waals surface area contributed by atoms with Crippen LogP contribution in [0.4, 0.5) is 0 Å². The first-order valence-corrected chi connectivity index (χ1v) is 5.28. The Morgan fingerprint density at radius 3 is 2.71 bits per heavy atom. The summed E-state index contributed by atoms with van der Waals surface area (Å²) in [6.45, 7) is 9.74. The third kappa shape index (κ3) is 5.37. The van der Waals surface area contributed by atoms with Crippen molar-refractivity contribution < 1.29 is 4.74 Å². The standard InChI is InChI=1S/C11H24N2O/c1-5-7-13(8-6-2)11(9-12-3)10-14-4/h5,11-12H,1,6-10H2,2-4H3. The van der Waals surface area contributed by atoms with Crippen LogP contribution in [0.25, 0.3) is 0 Å². The maximum atomic E-state index is 5.21. The molecule has 84 valence electrons. The Bertz CT molecular complexity index is 133. The predicted octanol–water partition coefficient (Wildman–Crippen LogP) is 1.12. The van der Waals surface area contributed by atoms with Gasteiger partial charge in [0.05, 0.1) is 6.61 Å². The average molecular weight is 200 g/mol. The van der Waals surface area contributed by atoms with Crippen LogP contribution in [0, 0.1) is 0 Å². The smallest absolute Gasteiger partial charge is 0.0630 e. The quantitative estimate of drug-likeness (QED) is 0.564. The van der Waals surface area contributed by atoms with E-state index in [2.05, 4.69) is 23.7 Å². The molecule has 0 aromatic carbocycles. The maximum absolute atomic E-state index is 5.21. The molecular formula is C11H24N2O. The summed E-state index contributed by atoms with van der Waals surface area (Å²) in [5.74, 6) is 0. The Morgan fingerprint density at radius 1 is 1.57 bits per heavy atom. The molecule has 0 rings (SSSR count). The largest absolute Gasteiger partial charge is 0.383 e. The van der Waals surface area contributed by atoms with Crippen molar-refractivity contribution in [2.75, 3.05) is 40.4 Å². The van der Waals surface area contributed by atoms with Crippen LogP contribution in [0.5, 0.6) is 0 Å². The van der Waals surface area contributed by atoms with E-state index in [1.165, 1.54) is 0 Å². The Kier molecular flexibility index (Phi) is 8.94. The third-order valence-corrected chi connectivity index (χ3v) is 2.19. The lowest BCUT2D eigenvalue weighted by atomic mass is 10.2. The summed E-state index contributed by atoms with van der Waals surface area (Å²) in [7, 11) is 3.72. The molecule has 0 aliphatic rings. The molecule has 0 saturated carbocycles. The van der Waals surface area contributed by atoms with Gasteiger partial charge in [-0.05, 0) is 20.0 Å². The van der Waals surface area contributed by atoms with Crippen molar-refractivity contribution in [3.63, 3.8) is 0 Å². The van der Waals surface area contributed by atoms with E-state index in [1.54, 1.807) is 7.11 Å². The Labute approximate surface area is 88.1 Å². The second-order valence-corrected chi connectivity index (χ2v) is 3.45. The van der Waals surface area contributed by atoms with E-state index in [9.17, 15) is 0 Å². The summed E-state index contributed by atoms with van der Waals surface area (Å²) in [6, 6.07) is 0.447. The SMILES string of the molecule is C=CCN(CCC)C(CNC)COC. The Hall–Kier alpha value is -0.380. The zero-order valence-electron chi connectivity index (χ0n) is 9.75. The molecular weight excluding hydrogens is 176 g/mol. The van der Waals surface area contributed by atoms with Crippen molar-refractivity contribution in [1.82, 2.24) is 10.2 Å². The van der Waals surface area contributed by atoms with Crippen LogP contribution in [0.3, 0.4) is 0 Å². The number of methoxy groups -OCH3 is 1. The molecule has 1 unspecified atom stereocenters. The highest BCUT2D eigenvalue weighted by Crippen LogP contribution is 2.01. The number of nitrogens with zero attached hydrogens (tertiary/aromatic N) is 1. The van der Waals surface area contributed by atoms with Crippen LogP contribution < -0.4 is 5.32 Å². The van der Waals surface area contributed by atoms with E-state index in [0.717, 1.165) is 32.7 Å². The van der Waals surface area contributed by atoms with Crippen LogP contribution >= 0.6 is 0 Å². The summed E-state index contributed by atoms with van der Waals surface area (Å²) in [4.78, 5) is 2.40. The van der Waals surface area contributed by atoms with Gasteiger partial charge < -0.3 is 10.1 Å². The predicted molar refractivity (Wildman–Crippen MR) is 61.7 cm³/mol. The molecule has 14 heavy (non-hydrogen) atoms. The van der Waals surface area contributed by atoms with Crippen molar-refractivity contribution >= 4 is 0 Å². The summed E-state index contributed by atoms with van der Waals surface area (Å²) in [6.07, 6.45) is 3.12. The summed E-state index contributed by atoms with van der Waals surface area (Å²) < 4.78 is 5.21. The van der Waals surface area contributed by atoms with Gasteiger partial charge in [0.1, 0.15) is 0 Å². The monoisotopic (exact) mass is 200 g/mol. The van der Waals surface area contributed by atoms with Crippen molar-refractivity contribution in [1.29, 1.82) is 0 Å². The molecule has 0 amide bonds. The van der Waals surface area contributed by atoms with Gasteiger partial charge in [-0.15, -0.1) is 6.58 Å². The van der Waals surface area contributed by atoms with E-state index < -0.39 is 0 Å². The number of hydrogen-bond donors (Lipinski definition) is 1. The highest BCUT2D eigenvalue weighted by Gasteiger charge is 2.15. The molecule has 0 aliphatic heterocycles. The van der Waals surface area contributed by atoms with Crippen molar-refractivity contribution in [3.8, 4) is 0 Å². The highest BCUT2D eigenvalue weighted by atomic mass is 16.5. The van der Waals surface area contributed by atoms with Crippen molar-refractivity contribution in [2.45, 2.75) is 19.4 Å². The van der Waals surface area contributed by atoms with Crippen LogP contribution in [-0.2, 0) is 4.74 Å². The molecule has 0 spiro atoms. The van der Waals surface area contributed by atoms with Gasteiger partial charge >= 0.3 is 0 Å². The lowest BCUT2D eigenvalue weighted by molar-refractivity contribution is 0.0975. The minimum absolute atomic E-state index is 0.447. The molecule has 1 N–H and O–H groups in total. The molecule has 1 atom stereocenters. The first-order chi connectivity index (χ1) is 6.79. The van der Waals surface area contributed by atoms with Gasteiger partial charge in [0, 0.05) is 26.2 Å². The fourth-order valence-corrected chi connectivity index (χ4v) is 1.60. The van der Waals surface area contributed by atoms with Gasteiger partial charge in [-0.3, -0.25) is 4.90 Å². The summed E-state index contributed by atoms with van der Waals surface area (Å²) in [5, 5.41) is 3.19. The molecule has 0 aliphatic carbocycles. The molecule has 0 aromatic rings. The summed E-state index contributed by atoms with van der Waals surface area (Å²) in [5.41, 5.74) is 0. The number of hydrogen-bond acceptors (Lipinski definition) is 3. The molecule has 0 aromatic heterocycles. The number of ether oxygens (including phenoxy) is 1. The van der Waals surface area contributed by atoms with Crippen molar-refractivity contribution in [2.24, 2.45) is 0 Å². The first-order valence-electron chi connectivity index (χ1n) is 5.28. The van der Waals surface area contributed by atoms with Crippen molar-refractivity contribution in [3.05, 3.63) is 12.7 Å². The highest BCUT2D eigenvalue weighted by molar-refractivity contribution is 4.80. The Balaban J connectivity index is 4.12. The van der Waals surface area contributed by atoms with Gasteiger partial charge in [0.25, 0.3) is 0 Å². The molecule has 0 saturated heterocycles. The molecule has 0 radical (unpaired) electrons. The van der Waals surface area contributed by atoms with Crippen LogP contribution in [0.1, 0.15) is 13.3 Å². The molecule has 3 heteroatoms. The van der Waals surface area contributed by atoms with Gasteiger partial charge in [-0.25, -0.2) is 0 Å². The lowest BCUT2D eigenvalue weighted by Crippen LogP contribution is -2.44. The van der Waals surface area contributed by atoms with Gasteiger partial charge in [-0.1, -0.05) is 13.0 Å². The zero-order chi connectivity index (χ0) is 10.8. The number of likely N-dealkylation sites (N-methyl/N-ethyl adjacent to an activating group) is 1. The van der Waals surface area contributed by atoms with E-state index in [-0.39, 0.29) is 0 Å². The van der Waals surface area contributed by atoms with Gasteiger partial charge in [0.2, 0.25) is 0 Å². The molecule has 3 nitrogen and oxygen atoms in total. The molecule has 0 bridgehead atoms. The number of rotatable bonds is 9. The first kappa shape index (κ1) is 13.6. The topological polar surface area (TPSA) is 24.5 Å². The average Bonchev–Trinajstić information content (AvgIpc) is 2.17. The van der Waals surface area contributed by atoms with E-state index in [0.29, 0.717) is 6.04 Å². The fraction of sp³-hybridized carbons (Fsp3) is 0.818. The second-order valence-electron chi connectivity index (χ2n) is 3.45. The second kappa shape index (κ2) is 9.19. The maximum Gasteiger partial charge on any atom is 0.0630 e. The third-order valence-electron chi connectivity index (χ3n) is 2.19. The van der Waals surface area contributed by atoms with E-state index in [1.807, 2.05) is 13.1 Å². The molecule has 0 heterocycles.